The normalized spacial score (nSPS) is 19.4. The molecule has 1 aromatic rings. The van der Waals surface area contributed by atoms with Gasteiger partial charge in [0.2, 0.25) is 0 Å². The van der Waals surface area contributed by atoms with Gasteiger partial charge in [0.15, 0.2) is 5.76 Å². The summed E-state index contributed by atoms with van der Waals surface area (Å²) in [6, 6.07) is 8.91. The van der Waals surface area contributed by atoms with Gasteiger partial charge in [0.25, 0.3) is 0 Å². The Morgan fingerprint density at radius 2 is 1.66 bits per heavy atom. The molecule has 1 aromatic carbocycles. The smallest absolute Gasteiger partial charge is 0.161 e. The van der Waals surface area contributed by atoms with E-state index >= 15 is 0 Å². The van der Waals surface area contributed by atoms with Crippen molar-refractivity contribution in [1.82, 2.24) is 4.90 Å². The Bertz CT molecular complexity index is 1060. The highest BCUT2D eigenvalue weighted by molar-refractivity contribution is 5.54. The third kappa shape index (κ3) is 8.34. The summed E-state index contributed by atoms with van der Waals surface area (Å²) >= 11 is 0. The SMILES string of the molecule is C=C=C(CC)[C@@H](C)OC(=C=C)[C@H](CC(C)C)N(C)C(=C=C)[C@H](C)Cc1ccccc1N1CC(C)CC(C)C1. The lowest BCUT2D eigenvalue weighted by Gasteiger charge is -2.38. The summed E-state index contributed by atoms with van der Waals surface area (Å²) in [6.07, 6.45) is 3.87. The third-order valence-corrected chi connectivity index (χ3v) is 7.80. The molecule has 3 nitrogen and oxygen atoms in total. The molecule has 38 heavy (non-hydrogen) atoms. The van der Waals surface area contributed by atoms with Gasteiger partial charge in [0.05, 0.1) is 11.7 Å². The molecule has 2 unspecified atom stereocenters. The van der Waals surface area contributed by atoms with Crippen LogP contribution >= 0.6 is 0 Å². The van der Waals surface area contributed by atoms with Crippen LogP contribution in [0.5, 0.6) is 0 Å². The van der Waals surface area contributed by atoms with Gasteiger partial charge in [-0.15, -0.1) is 11.5 Å². The van der Waals surface area contributed by atoms with Crippen LogP contribution in [0.2, 0.25) is 0 Å². The second-order valence-corrected chi connectivity index (χ2v) is 11.8. The van der Waals surface area contributed by atoms with E-state index in [-0.39, 0.29) is 18.1 Å². The molecule has 3 heteroatoms. The summed E-state index contributed by atoms with van der Waals surface area (Å²) in [6.45, 7) is 29.9. The number of anilines is 1. The van der Waals surface area contributed by atoms with Crippen LogP contribution in [-0.2, 0) is 11.2 Å². The highest BCUT2D eigenvalue weighted by Crippen LogP contribution is 2.33. The molecule has 1 saturated heterocycles. The molecule has 208 valence electrons. The minimum atomic E-state index is -0.125. The molecular weight excluding hydrogens is 464 g/mol. The average molecular weight is 517 g/mol. The summed E-state index contributed by atoms with van der Waals surface area (Å²) in [7, 11) is 2.13. The molecule has 0 aliphatic carbocycles. The van der Waals surface area contributed by atoms with Crippen LogP contribution in [0.3, 0.4) is 0 Å². The van der Waals surface area contributed by atoms with Gasteiger partial charge in [0.1, 0.15) is 6.10 Å². The molecule has 0 bridgehead atoms. The van der Waals surface area contributed by atoms with Crippen molar-refractivity contribution in [2.75, 3.05) is 25.0 Å². The number of hydrogen-bond donors (Lipinski definition) is 0. The number of ether oxygens (including phenoxy) is 1. The van der Waals surface area contributed by atoms with Gasteiger partial charge < -0.3 is 14.5 Å². The molecule has 0 aromatic heterocycles. The predicted molar refractivity (Wildman–Crippen MR) is 164 cm³/mol. The number of nitrogens with zero attached hydrogens (tertiary/aromatic N) is 2. The molecule has 2 rings (SSSR count). The zero-order valence-electron chi connectivity index (χ0n) is 25.4. The van der Waals surface area contributed by atoms with Crippen molar-refractivity contribution in [3.05, 3.63) is 83.8 Å². The zero-order chi connectivity index (χ0) is 28.4. The second-order valence-electron chi connectivity index (χ2n) is 11.8. The Balaban J connectivity index is 2.32. The van der Waals surface area contributed by atoms with Crippen LogP contribution in [0, 0.1) is 23.7 Å². The van der Waals surface area contributed by atoms with E-state index in [0.717, 1.165) is 49.4 Å². The Labute approximate surface area is 234 Å². The highest BCUT2D eigenvalue weighted by Gasteiger charge is 2.29. The first-order valence-electron chi connectivity index (χ1n) is 14.5. The Kier molecular flexibility index (Phi) is 12.3. The summed E-state index contributed by atoms with van der Waals surface area (Å²) in [5, 5.41) is 0. The maximum Gasteiger partial charge on any atom is 0.161 e. The van der Waals surface area contributed by atoms with E-state index in [1.165, 1.54) is 17.7 Å². The van der Waals surface area contributed by atoms with Gasteiger partial charge in [-0.05, 0) is 62.0 Å². The van der Waals surface area contributed by atoms with Gasteiger partial charge >= 0.3 is 0 Å². The van der Waals surface area contributed by atoms with Crippen LogP contribution in [0.15, 0.2) is 78.2 Å². The molecule has 0 N–H and O–H groups in total. The van der Waals surface area contributed by atoms with Gasteiger partial charge in [-0.1, -0.05) is 85.2 Å². The lowest BCUT2D eigenvalue weighted by molar-refractivity contribution is 0.104. The van der Waals surface area contributed by atoms with Gasteiger partial charge in [0, 0.05) is 37.3 Å². The van der Waals surface area contributed by atoms with Crippen LogP contribution < -0.4 is 4.90 Å². The number of allylic oxidation sites excluding steroid dienone is 1. The summed E-state index contributed by atoms with van der Waals surface area (Å²) < 4.78 is 6.43. The summed E-state index contributed by atoms with van der Waals surface area (Å²) in [4.78, 5) is 4.88. The van der Waals surface area contributed by atoms with E-state index in [9.17, 15) is 0 Å². The lowest BCUT2D eigenvalue weighted by Crippen LogP contribution is -2.39. The van der Waals surface area contributed by atoms with Crippen molar-refractivity contribution in [3.8, 4) is 0 Å². The van der Waals surface area contributed by atoms with Crippen LogP contribution in [0.1, 0.15) is 73.3 Å². The fourth-order valence-electron chi connectivity index (χ4n) is 6.04. The quantitative estimate of drug-likeness (QED) is 0.193. The summed E-state index contributed by atoms with van der Waals surface area (Å²) in [5.41, 5.74) is 14.4. The first-order valence-corrected chi connectivity index (χ1v) is 14.5. The lowest BCUT2D eigenvalue weighted by atomic mass is 9.89. The van der Waals surface area contributed by atoms with Crippen molar-refractivity contribution in [1.29, 1.82) is 0 Å². The number of likely N-dealkylation sites (N-methyl/N-ethyl adjacent to an activating group) is 1. The molecular formula is C35H52N2O. The van der Waals surface area contributed by atoms with E-state index in [4.69, 9.17) is 4.74 Å². The van der Waals surface area contributed by atoms with E-state index < -0.39 is 0 Å². The first kappa shape index (κ1) is 31.4. The topological polar surface area (TPSA) is 15.7 Å². The van der Waals surface area contributed by atoms with E-state index in [1.807, 2.05) is 6.92 Å². The third-order valence-electron chi connectivity index (χ3n) is 7.80. The minimum absolute atomic E-state index is 0.0105. The first-order chi connectivity index (χ1) is 18.1. The Morgan fingerprint density at radius 1 is 1.03 bits per heavy atom. The number of piperidine rings is 1. The van der Waals surface area contributed by atoms with Gasteiger partial charge in [-0.2, -0.15) is 0 Å². The van der Waals surface area contributed by atoms with Crippen molar-refractivity contribution >= 4 is 5.69 Å². The zero-order valence-corrected chi connectivity index (χ0v) is 25.4. The van der Waals surface area contributed by atoms with Crippen molar-refractivity contribution in [2.45, 2.75) is 86.3 Å². The van der Waals surface area contributed by atoms with Gasteiger partial charge in [-0.25, -0.2) is 0 Å². The van der Waals surface area contributed by atoms with Crippen molar-refractivity contribution in [2.24, 2.45) is 23.7 Å². The van der Waals surface area contributed by atoms with E-state index in [2.05, 4.69) is 120 Å². The predicted octanol–water partition coefficient (Wildman–Crippen LogP) is 8.56. The molecule has 1 heterocycles. The highest BCUT2D eigenvalue weighted by atomic mass is 16.5. The van der Waals surface area contributed by atoms with Gasteiger partial charge in [-0.3, -0.25) is 0 Å². The molecule has 0 amide bonds. The van der Waals surface area contributed by atoms with Crippen molar-refractivity contribution < 1.29 is 4.74 Å². The molecule has 1 aliphatic rings. The van der Waals surface area contributed by atoms with Crippen LogP contribution in [0.25, 0.3) is 0 Å². The molecule has 0 radical (unpaired) electrons. The van der Waals surface area contributed by atoms with Crippen LogP contribution in [0.4, 0.5) is 5.69 Å². The molecule has 1 fully saturated rings. The number of para-hydroxylation sites is 1. The number of hydrogen-bond acceptors (Lipinski definition) is 3. The molecule has 0 saturated carbocycles. The monoisotopic (exact) mass is 516 g/mol. The van der Waals surface area contributed by atoms with E-state index in [0.29, 0.717) is 17.8 Å². The van der Waals surface area contributed by atoms with Crippen molar-refractivity contribution in [3.63, 3.8) is 0 Å². The Morgan fingerprint density at radius 3 is 2.18 bits per heavy atom. The van der Waals surface area contributed by atoms with Crippen LogP contribution in [-0.4, -0.2) is 37.2 Å². The fourth-order valence-corrected chi connectivity index (χ4v) is 6.04. The number of benzene rings is 1. The summed E-state index contributed by atoms with van der Waals surface area (Å²) in [5.74, 6) is 2.88. The standard InChI is InChI=1S/C35H52N2O/c1-12-30(13-2)29(10)38-35(15-4)34(20-25(5)6)36(11)32(14-3)28(9)22-31-18-16-17-19-33(31)37-23-26(7)21-27(8)24-37/h16-19,25-29,34H,1,3-4,13,20-24H2,2,5-11H3/t26?,27?,28-,29-,34+/m1/s1. The maximum atomic E-state index is 6.43. The minimum Gasteiger partial charge on any atom is -0.480 e. The Hall–Kier alpha value is -2.82. The molecule has 5 atom stereocenters. The fraction of sp³-hybridized carbons (Fsp3) is 0.571. The maximum absolute atomic E-state index is 6.43. The van der Waals surface area contributed by atoms with E-state index in [1.54, 1.807) is 0 Å². The number of rotatable bonds is 13. The molecule has 0 spiro atoms. The average Bonchev–Trinajstić information content (AvgIpc) is 2.86. The second kappa shape index (κ2) is 14.9. The largest absolute Gasteiger partial charge is 0.480 e. The molecule has 1 aliphatic heterocycles.